The molecular weight excluding hydrogens is 516 g/mol. The number of anilines is 1. The van der Waals surface area contributed by atoms with Crippen molar-refractivity contribution >= 4 is 26.9 Å². The third kappa shape index (κ3) is 5.29. The Morgan fingerprint density at radius 3 is 2.72 bits per heavy atom. The van der Waals surface area contributed by atoms with Crippen molar-refractivity contribution in [3.63, 3.8) is 0 Å². The van der Waals surface area contributed by atoms with E-state index in [1.165, 1.54) is 7.05 Å². The van der Waals surface area contributed by atoms with Gasteiger partial charge >= 0.3 is 0 Å². The molecule has 2 aliphatic heterocycles. The molecule has 0 radical (unpaired) electrons. The monoisotopic (exact) mass is 550 g/mol. The van der Waals surface area contributed by atoms with Crippen molar-refractivity contribution in [2.24, 2.45) is 0 Å². The average molecular weight is 551 g/mol. The zero-order valence-electron chi connectivity index (χ0n) is 22.3. The van der Waals surface area contributed by atoms with Gasteiger partial charge in [-0.05, 0) is 45.0 Å². The predicted octanol–water partition coefficient (Wildman–Crippen LogP) is 2.72. The quantitative estimate of drug-likeness (QED) is 0.344. The molecule has 0 aliphatic carbocycles. The average Bonchev–Trinajstić information content (AvgIpc) is 3.71. The van der Waals surface area contributed by atoms with Crippen molar-refractivity contribution < 1.29 is 13.2 Å². The van der Waals surface area contributed by atoms with Gasteiger partial charge in [0, 0.05) is 67.0 Å². The molecule has 0 bridgehead atoms. The van der Waals surface area contributed by atoms with E-state index in [4.69, 9.17) is 9.72 Å². The van der Waals surface area contributed by atoms with Crippen LogP contribution in [0.4, 0.5) is 5.69 Å². The Labute approximate surface area is 228 Å². The third-order valence-electron chi connectivity index (χ3n) is 7.72. The van der Waals surface area contributed by atoms with E-state index in [-0.39, 0.29) is 4.90 Å². The molecule has 4 aromatic rings. The van der Waals surface area contributed by atoms with Crippen LogP contribution >= 0.6 is 0 Å². The number of H-pyrrole nitrogens is 1. The number of benzene rings is 1. The standard InChI is InChI=1S/C27H34N8O3S/c1-19-4-3-5-35(19)22-12-20(13-23(14-22)39(36,37)28-2)25-17-30-27-26(32-25)24(16-29-27)21-15-31-34(18-21)7-6-33-8-10-38-11-9-33/h12-19,28H,3-11H2,1-2H3,(H,29,30). The van der Waals surface area contributed by atoms with Crippen LogP contribution in [0.2, 0.25) is 0 Å². The number of aromatic nitrogens is 5. The number of morpholine rings is 1. The number of hydrogen-bond donors (Lipinski definition) is 2. The summed E-state index contributed by atoms with van der Waals surface area (Å²) in [5.74, 6) is 0. The van der Waals surface area contributed by atoms with Crippen molar-refractivity contribution in [2.45, 2.75) is 37.2 Å². The van der Waals surface area contributed by atoms with Crippen LogP contribution in [0.3, 0.4) is 0 Å². The summed E-state index contributed by atoms with van der Waals surface area (Å²) in [6.07, 6.45) is 9.64. The van der Waals surface area contributed by atoms with E-state index in [1.54, 1.807) is 18.3 Å². The number of hydrogen-bond acceptors (Lipinski definition) is 8. The highest BCUT2D eigenvalue weighted by atomic mass is 32.2. The van der Waals surface area contributed by atoms with Gasteiger partial charge in [-0.2, -0.15) is 5.10 Å². The molecule has 0 spiro atoms. The summed E-state index contributed by atoms with van der Waals surface area (Å²) >= 11 is 0. The number of aromatic amines is 1. The normalized spacial score (nSPS) is 18.8. The Bertz CT molecular complexity index is 1570. The fraction of sp³-hybridized carbons (Fsp3) is 0.444. The first-order chi connectivity index (χ1) is 18.9. The van der Waals surface area contributed by atoms with Gasteiger partial charge in [0.1, 0.15) is 5.52 Å². The maximum Gasteiger partial charge on any atom is 0.240 e. The summed E-state index contributed by atoms with van der Waals surface area (Å²) in [5.41, 5.74) is 5.45. The van der Waals surface area contributed by atoms with Gasteiger partial charge in [-0.3, -0.25) is 9.58 Å². The van der Waals surface area contributed by atoms with E-state index in [0.29, 0.717) is 22.9 Å². The van der Waals surface area contributed by atoms with E-state index in [2.05, 4.69) is 36.5 Å². The van der Waals surface area contributed by atoms with Crippen LogP contribution in [-0.4, -0.2) is 90.5 Å². The Morgan fingerprint density at radius 1 is 1.10 bits per heavy atom. The number of nitrogens with one attached hydrogen (secondary N) is 2. The minimum absolute atomic E-state index is 0.217. The molecule has 2 saturated heterocycles. The van der Waals surface area contributed by atoms with E-state index in [1.807, 2.05) is 29.3 Å². The fourth-order valence-corrected chi connectivity index (χ4v) is 6.22. The molecule has 0 saturated carbocycles. The van der Waals surface area contributed by atoms with Crippen LogP contribution in [-0.2, 0) is 21.3 Å². The van der Waals surface area contributed by atoms with Gasteiger partial charge in [0.25, 0.3) is 0 Å². The summed E-state index contributed by atoms with van der Waals surface area (Å²) in [6, 6.07) is 5.77. The number of sulfonamides is 1. The Hall–Kier alpha value is -3.32. The number of nitrogens with zero attached hydrogens (tertiary/aromatic N) is 6. The van der Waals surface area contributed by atoms with Gasteiger partial charge in [-0.15, -0.1) is 0 Å². The molecule has 2 aliphatic rings. The van der Waals surface area contributed by atoms with Crippen molar-refractivity contribution in [3.8, 4) is 22.4 Å². The summed E-state index contributed by atoms with van der Waals surface area (Å²) in [6.45, 7) is 8.24. The van der Waals surface area contributed by atoms with Crippen molar-refractivity contribution in [1.29, 1.82) is 0 Å². The van der Waals surface area contributed by atoms with E-state index in [0.717, 1.165) is 81.1 Å². The smallest absolute Gasteiger partial charge is 0.240 e. The molecule has 1 aromatic carbocycles. The SMILES string of the molecule is CNS(=O)(=O)c1cc(-c2cnc3[nH]cc(-c4cnn(CCN5CCOCC5)c4)c3n2)cc(N2CCCC2C)c1. The molecule has 5 heterocycles. The van der Waals surface area contributed by atoms with Crippen LogP contribution < -0.4 is 9.62 Å². The molecule has 2 fully saturated rings. The van der Waals surface area contributed by atoms with Crippen molar-refractivity contribution in [3.05, 3.63) is 43.0 Å². The molecule has 6 rings (SSSR count). The van der Waals surface area contributed by atoms with Gasteiger partial charge in [-0.1, -0.05) is 0 Å². The minimum atomic E-state index is -3.64. The Morgan fingerprint density at radius 2 is 1.95 bits per heavy atom. The first kappa shape index (κ1) is 25.9. The first-order valence-electron chi connectivity index (χ1n) is 13.4. The van der Waals surface area contributed by atoms with Crippen LogP contribution in [0.5, 0.6) is 0 Å². The highest BCUT2D eigenvalue weighted by Gasteiger charge is 2.24. The lowest BCUT2D eigenvalue weighted by molar-refractivity contribution is 0.0360. The molecule has 12 heteroatoms. The van der Waals surface area contributed by atoms with Crippen molar-refractivity contribution in [1.82, 2.24) is 34.4 Å². The zero-order chi connectivity index (χ0) is 27.0. The number of ether oxygens (including phenoxy) is 1. The predicted molar refractivity (Wildman–Crippen MR) is 150 cm³/mol. The molecule has 2 N–H and O–H groups in total. The van der Waals surface area contributed by atoms with Gasteiger partial charge in [0.2, 0.25) is 10.0 Å². The second-order valence-corrected chi connectivity index (χ2v) is 12.1. The zero-order valence-corrected chi connectivity index (χ0v) is 23.1. The van der Waals surface area contributed by atoms with Crippen LogP contribution in [0.1, 0.15) is 19.8 Å². The van der Waals surface area contributed by atoms with Gasteiger partial charge in [0.15, 0.2) is 5.65 Å². The second-order valence-electron chi connectivity index (χ2n) is 10.2. The van der Waals surface area contributed by atoms with Crippen LogP contribution in [0, 0.1) is 0 Å². The van der Waals surface area contributed by atoms with Gasteiger partial charge in [-0.25, -0.2) is 23.1 Å². The largest absolute Gasteiger partial charge is 0.379 e. The molecule has 1 unspecified atom stereocenters. The Balaban J connectivity index is 1.33. The number of rotatable bonds is 8. The fourth-order valence-electron chi connectivity index (χ4n) is 5.43. The summed E-state index contributed by atoms with van der Waals surface area (Å²) < 4.78 is 35.5. The summed E-state index contributed by atoms with van der Waals surface area (Å²) in [5, 5.41) is 4.57. The van der Waals surface area contributed by atoms with E-state index in [9.17, 15) is 8.42 Å². The molecule has 39 heavy (non-hydrogen) atoms. The lowest BCUT2D eigenvalue weighted by Gasteiger charge is -2.26. The molecule has 1 atom stereocenters. The van der Waals surface area contributed by atoms with E-state index < -0.39 is 10.0 Å². The van der Waals surface area contributed by atoms with Crippen LogP contribution in [0.25, 0.3) is 33.5 Å². The highest BCUT2D eigenvalue weighted by molar-refractivity contribution is 7.89. The molecule has 3 aromatic heterocycles. The number of fused-ring (bicyclic) bond motifs is 1. The first-order valence-corrected chi connectivity index (χ1v) is 14.9. The lowest BCUT2D eigenvalue weighted by Crippen LogP contribution is -2.38. The van der Waals surface area contributed by atoms with E-state index >= 15 is 0 Å². The maximum absolute atomic E-state index is 12.8. The third-order valence-corrected chi connectivity index (χ3v) is 9.12. The Kier molecular flexibility index (Phi) is 7.10. The topological polar surface area (TPSA) is 121 Å². The minimum Gasteiger partial charge on any atom is -0.379 e. The van der Waals surface area contributed by atoms with Crippen LogP contribution in [0.15, 0.2) is 47.9 Å². The summed E-state index contributed by atoms with van der Waals surface area (Å²) in [7, 11) is -2.21. The highest BCUT2D eigenvalue weighted by Crippen LogP contribution is 2.33. The van der Waals surface area contributed by atoms with Gasteiger partial charge < -0.3 is 14.6 Å². The summed E-state index contributed by atoms with van der Waals surface area (Å²) in [4.78, 5) is 17.7. The maximum atomic E-state index is 12.8. The second kappa shape index (κ2) is 10.7. The molecular formula is C27H34N8O3S. The molecule has 206 valence electrons. The van der Waals surface area contributed by atoms with Gasteiger partial charge in [0.05, 0.1) is 42.7 Å². The van der Waals surface area contributed by atoms with Crippen molar-refractivity contribution in [2.75, 3.05) is 51.3 Å². The molecule has 11 nitrogen and oxygen atoms in total. The lowest BCUT2D eigenvalue weighted by atomic mass is 10.1. The molecule has 0 amide bonds.